The van der Waals surface area contributed by atoms with Crippen molar-refractivity contribution in [3.8, 4) is 5.75 Å². The maximum absolute atomic E-state index is 12.4. The molecule has 0 saturated carbocycles. The number of benzene rings is 2. The predicted molar refractivity (Wildman–Crippen MR) is 149 cm³/mol. The third-order valence-electron chi connectivity index (χ3n) is 6.83. The highest BCUT2D eigenvalue weighted by atomic mass is 32.2. The fourth-order valence-corrected chi connectivity index (χ4v) is 5.74. The summed E-state index contributed by atoms with van der Waals surface area (Å²) in [6.45, 7) is 4.11. The number of nitrogens with zero attached hydrogens (tertiary/aromatic N) is 4. The van der Waals surface area contributed by atoms with E-state index in [4.69, 9.17) is 14.7 Å². The summed E-state index contributed by atoms with van der Waals surface area (Å²) in [5.74, 6) is 1.91. The Morgan fingerprint density at radius 1 is 1.11 bits per heavy atom. The second-order valence-corrected chi connectivity index (χ2v) is 11.6. The van der Waals surface area contributed by atoms with Crippen molar-refractivity contribution < 1.29 is 18.3 Å². The molecule has 0 bridgehead atoms. The molecule has 2 aromatic heterocycles. The van der Waals surface area contributed by atoms with Crippen molar-refractivity contribution in [3.05, 3.63) is 66.1 Å². The van der Waals surface area contributed by atoms with Crippen LogP contribution in [0.1, 0.15) is 31.2 Å². The van der Waals surface area contributed by atoms with Crippen LogP contribution in [0.2, 0.25) is 0 Å². The van der Waals surface area contributed by atoms with Gasteiger partial charge in [-0.15, -0.1) is 0 Å². The Kier molecular flexibility index (Phi) is 7.27. The zero-order chi connectivity index (χ0) is 26.9. The standard InChI is InChI=1S/C28H33N5O4S/c1-4-37-24-18-20(33-15-11-21(34)12-16-33)10-9-19(24)17-26-29-23-13-14-32(2)27(23)28(31-26)30-22-7-5-6-8-25(22)38(3,35)36/h5-10,13-14,18,21,34H,4,11-12,15-17H2,1-3H3,(H,29,30,31). The Balaban J connectivity index is 1.50. The van der Waals surface area contributed by atoms with Crippen LogP contribution in [0.25, 0.3) is 11.0 Å². The molecule has 2 N–H and O–H groups in total. The molecule has 4 aromatic rings. The van der Waals surface area contributed by atoms with E-state index in [0.29, 0.717) is 30.4 Å². The number of aliphatic hydroxyl groups excluding tert-OH is 1. The lowest BCUT2D eigenvalue weighted by Gasteiger charge is -2.32. The second-order valence-electron chi connectivity index (χ2n) is 9.66. The summed E-state index contributed by atoms with van der Waals surface area (Å²) in [5.41, 5.74) is 4.05. The lowest BCUT2D eigenvalue weighted by atomic mass is 10.1. The van der Waals surface area contributed by atoms with Crippen molar-refractivity contribution in [3.63, 3.8) is 0 Å². The molecule has 38 heavy (non-hydrogen) atoms. The Labute approximate surface area is 223 Å². The first-order valence-electron chi connectivity index (χ1n) is 12.8. The van der Waals surface area contributed by atoms with Gasteiger partial charge in [-0.1, -0.05) is 18.2 Å². The summed E-state index contributed by atoms with van der Waals surface area (Å²) in [4.78, 5) is 12.1. The predicted octanol–water partition coefficient (Wildman–Crippen LogP) is 4.07. The van der Waals surface area contributed by atoms with E-state index < -0.39 is 9.84 Å². The number of ether oxygens (including phenoxy) is 1. The van der Waals surface area contributed by atoms with Gasteiger partial charge < -0.3 is 24.6 Å². The minimum atomic E-state index is -3.44. The molecule has 0 radical (unpaired) electrons. The number of aryl methyl sites for hydroxylation is 1. The number of aromatic nitrogens is 3. The van der Waals surface area contributed by atoms with Crippen LogP contribution in [0.3, 0.4) is 0 Å². The monoisotopic (exact) mass is 535 g/mol. The molecule has 9 nitrogen and oxygen atoms in total. The van der Waals surface area contributed by atoms with E-state index in [1.165, 1.54) is 6.26 Å². The molecule has 1 saturated heterocycles. The molecule has 0 spiro atoms. The number of sulfone groups is 1. The average molecular weight is 536 g/mol. The quantitative estimate of drug-likeness (QED) is 0.348. The molecular weight excluding hydrogens is 502 g/mol. The van der Waals surface area contributed by atoms with Gasteiger partial charge in [-0.25, -0.2) is 18.4 Å². The van der Waals surface area contributed by atoms with Crippen LogP contribution in [-0.2, 0) is 23.3 Å². The molecule has 10 heteroatoms. The molecule has 3 heterocycles. The molecular formula is C28H33N5O4S. The fraction of sp³-hybridized carbons (Fsp3) is 0.357. The van der Waals surface area contributed by atoms with Crippen LogP contribution in [0, 0.1) is 0 Å². The van der Waals surface area contributed by atoms with Crippen molar-refractivity contribution >= 4 is 38.1 Å². The Morgan fingerprint density at radius 2 is 1.87 bits per heavy atom. The van der Waals surface area contributed by atoms with Crippen molar-refractivity contribution in [1.82, 2.24) is 14.5 Å². The van der Waals surface area contributed by atoms with E-state index in [1.54, 1.807) is 24.3 Å². The molecule has 5 rings (SSSR count). The van der Waals surface area contributed by atoms with E-state index in [0.717, 1.165) is 54.0 Å². The molecule has 0 unspecified atom stereocenters. The third kappa shape index (κ3) is 5.46. The van der Waals surface area contributed by atoms with Gasteiger partial charge in [0.1, 0.15) is 17.1 Å². The molecule has 2 aromatic carbocycles. The lowest BCUT2D eigenvalue weighted by molar-refractivity contribution is 0.145. The number of hydrogen-bond acceptors (Lipinski definition) is 8. The van der Waals surface area contributed by atoms with Gasteiger partial charge >= 0.3 is 0 Å². The number of fused-ring (bicyclic) bond motifs is 1. The maximum Gasteiger partial charge on any atom is 0.177 e. The van der Waals surface area contributed by atoms with E-state index in [-0.39, 0.29) is 11.0 Å². The van der Waals surface area contributed by atoms with Crippen LogP contribution in [0.5, 0.6) is 5.75 Å². The summed E-state index contributed by atoms with van der Waals surface area (Å²) >= 11 is 0. The minimum Gasteiger partial charge on any atom is -0.494 e. The number of nitrogens with one attached hydrogen (secondary N) is 1. The topological polar surface area (TPSA) is 110 Å². The van der Waals surface area contributed by atoms with Crippen molar-refractivity contribution in [2.75, 3.05) is 36.2 Å². The number of hydrogen-bond donors (Lipinski definition) is 2. The van der Waals surface area contributed by atoms with Crippen LogP contribution in [-0.4, -0.2) is 60.1 Å². The smallest absolute Gasteiger partial charge is 0.177 e. The zero-order valence-corrected chi connectivity index (χ0v) is 22.7. The molecule has 200 valence electrons. The molecule has 1 aliphatic heterocycles. The summed E-state index contributed by atoms with van der Waals surface area (Å²) in [5, 5.41) is 13.1. The third-order valence-corrected chi connectivity index (χ3v) is 7.99. The highest BCUT2D eigenvalue weighted by Gasteiger charge is 2.20. The minimum absolute atomic E-state index is 0.210. The van der Waals surface area contributed by atoms with Crippen molar-refractivity contribution in [1.29, 1.82) is 0 Å². The van der Waals surface area contributed by atoms with Gasteiger partial charge in [0.05, 0.1) is 28.8 Å². The molecule has 1 fully saturated rings. The first kappa shape index (κ1) is 26.0. The van der Waals surface area contributed by atoms with Gasteiger partial charge in [0.2, 0.25) is 0 Å². The number of aliphatic hydroxyl groups is 1. The van der Waals surface area contributed by atoms with E-state index >= 15 is 0 Å². The zero-order valence-electron chi connectivity index (χ0n) is 21.9. The van der Waals surface area contributed by atoms with Crippen LogP contribution in [0.4, 0.5) is 17.2 Å². The molecule has 0 amide bonds. The highest BCUT2D eigenvalue weighted by molar-refractivity contribution is 7.90. The SMILES string of the molecule is CCOc1cc(N2CCC(O)CC2)ccc1Cc1nc(Nc2ccccc2S(C)(=O)=O)c2c(ccn2C)n1. The van der Waals surface area contributed by atoms with Gasteiger partial charge in [-0.2, -0.15) is 0 Å². The van der Waals surface area contributed by atoms with Gasteiger partial charge in [0.25, 0.3) is 0 Å². The van der Waals surface area contributed by atoms with E-state index in [9.17, 15) is 13.5 Å². The van der Waals surface area contributed by atoms with Crippen LogP contribution in [0.15, 0.2) is 59.6 Å². The van der Waals surface area contributed by atoms with Gasteiger partial charge in [0, 0.05) is 56.3 Å². The van der Waals surface area contributed by atoms with Crippen molar-refractivity contribution in [2.24, 2.45) is 7.05 Å². The van der Waals surface area contributed by atoms with E-state index in [2.05, 4.69) is 28.4 Å². The first-order valence-corrected chi connectivity index (χ1v) is 14.7. The summed E-state index contributed by atoms with van der Waals surface area (Å²) in [6.07, 6.45) is 4.84. The van der Waals surface area contributed by atoms with Gasteiger partial charge in [0.15, 0.2) is 15.7 Å². The summed E-state index contributed by atoms with van der Waals surface area (Å²) in [7, 11) is -1.53. The first-order chi connectivity index (χ1) is 18.2. The number of para-hydroxylation sites is 1. The highest BCUT2D eigenvalue weighted by Crippen LogP contribution is 2.32. The Hall–Kier alpha value is -3.63. The summed E-state index contributed by atoms with van der Waals surface area (Å²) in [6, 6.07) is 14.9. The fourth-order valence-electron chi connectivity index (χ4n) is 4.90. The van der Waals surface area contributed by atoms with Crippen LogP contribution >= 0.6 is 0 Å². The summed E-state index contributed by atoms with van der Waals surface area (Å²) < 4.78 is 32.7. The molecule has 0 atom stereocenters. The Bertz CT molecular complexity index is 1560. The number of piperidine rings is 1. The Morgan fingerprint density at radius 3 is 2.61 bits per heavy atom. The maximum atomic E-state index is 12.4. The normalized spacial score (nSPS) is 14.7. The molecule has 0 aliphatic carbocycles. The van der Waals surface area contributed by atoms with Crippen molar-refractivity contribution in [2.45, 2.75) is 37.2 Å². The van der Waals surface area contributed by atoms with Gasteiger partial charge in [-0.3, -0.25) is 0 Å². The largest absolute Gasteiger partial charge is 0.494 e. The lowest BCUT2D eigenvalue weighted by Crippen LogP contribution is -2.35. The van der Waals surface area contributed by atoms with Crippen LogP contribution < -0.4 is 15.0 Å². The second kappa shape index (κ2) is 10.6. The van der Waals surface area contributed by atoms with E-state index in [1.807, 2.05) is 30.8 Å². The number of anilines is 3. The average Bonchev–Trinajstić information content (AvgIpc) is 3.26. The number of rotatable bonds is 8. The van der Waals surface area contributed by atoms with Gasteiger partial charge in [-0.05, 0) is 44.0 Å². The molecule has 1 aliphatic rings.